The molecule has 2 aliphatic heterocycles. The lowest BCUT2D eigenvalue weighted by Gasteiger charge is -2.18. The van der Waals surface area contributed by atoms with Crippen molar-refractivity contribution < 1.29 is 23.7 Å². The van der Waals surface area contributed by atoms with Crippen LogP contribution in [0.25, 0.3) is 0 Å². The van der Waals surface area contributed by atoms with E-state index in [9.17, 15) is 4.79 Å². The number of methoxy groups -OCH3 is 2. The molecular weight excluding hydrogens is 366 g/mol. The summed E-state index contributed by atoms with van der Waals surface area (Å²) in [5.74, 6) is 0.727. The summed E-state index contributed by atoms with van der Waals surface area (Å²) < 4.78 is 23.7. The van der Waals surface area contributed by atoms with Gasteiger partial charge in [0, 0.05) is 12.8 Å². The largest absolute Gasteiger partial charge is 0.497 e. The zero-order chi connectivity index (χ0) is 19.5. The summed E-state index contributed by atoms with van der Waals surface area (Å²) >= 11 is 0. The van der Waals surface area contributed by atoms with Crippen LogP contribution in [0.1, 0.15) is 11.7 Å². The van der Waals surface area contributed by atoms with Gasteiger partial charge in [-0.3, -0.25) is 0 Å². The molecular formula is C18H23N5O5. The number of nitrogens with one attached hydrogen (secondary N) is 2. The number of amides is 2. The third-order valence-electron chi connectivity index (χ3n) is 4.88. The van der Waals surface area contributed by atoms with Crippen LogP contribution in [0.4, 0.5) is 10.5 Å². The van der Waals surface area contributed by atoms with Gasteiger partial charge < -0.3 is 29.6 Å². The van der Waals surface area contributed by atoms with Gasteiger partial charge in [0.2, 0.25) is 0 Å². The minimum absolute atomic E-state index is 0.0837. The van der Waals surface area contributed by atoms with Crippen molar-refractivity contribution in [1.29, 1.82) is 0 Å². The SMILES string of the molecule is COCc1cn([C@@H]2CO[C@@H]3[C@@H]2OC[C@@H]3NC(=O)Nc2ccc(OC)cc2)nn1. The highest BCUT2D eigenvalue weighted by Gasteiger charge is 2.49. The fourth-order valence-electron chi connectivity index (χ4n) is 3.53. The van der Waals surface area contributed by atoms with E-state index in [1.807, 2.05) is 6.20 Å². The number of carbonyl (C=O) groups is 1. The Balaban J connectivity index is 1.34. The first kappa shape index (κ1) is 18.7. The van der Waals surface area contributed by atoms with Crippen LogP contribution in [0, 0.1) is 0 Å². The first-order valence-electron chi connectivity index (χ1n) is 9.02. The van der Waals surface area contributed by atoms with Crippen LogP contribution in [-0.4, -0.2) is 66.7 Å². The van der Waals surface area contributed by atoms with Crippen molar-refractivity contribution in [3.8, 4) is 5.75 Å². The number of hydrogen-bond donors (Lipinski definition) is 2. The lowest BCUT2D eigenvalue weighted by molar-refractivity contribution is 0.0622. The van der Waals surface area contributed by atoms with Gasteiger partial charge in [-0.2, -0.15) is 0 Å². The summed E-state index contributed by atoms with van der Waals surface area (Å²) in [5.41, 5.74) is 1.42. The second-order valence-corrected chi connectivity index (χ2v) is 6.72. The van der Waals surface area contributed by atoms with Crippen molar-refractivity contribution in [1.82, 2.24) is 20.3 Å². The van der Waals surface area contributed by atoms with Crippen molar-refractivity contribution in [2.75, 3.05) is 32.8 Å². The molecule has 2 saturated heterocycles. The molecule has 0 bridgehead atoms. The maximum atomic E-state index is 12.3. The van der Waals surface area contributed by atoms with Gasteiger partial charge in [-0.05, 0) is 24.3 Å². The molecule has 10 nitrogen and oxygen atoms in total. The van der Waals surface area contributed by atoms with E-state index >= 15 is 0 Å². The van der Waals surface area contributed by atoms with Gasteiger partial charge in [0.15, 0.2) is 0 Å². The second-order valence-electron chi connectivity index (χ2n) is 6.72. The van der Waals surface area contributed by atoms with E-state index in [4.69, 9.17) is 18.9 Å². The van der Waals surface area contributed by atoms with Crippen LogP contribution in [0.3, 0.4) is 0 Å². The number of carbonyl (C=O) groups excluding carboxylic acids is 1. The number of nitrogens with zero attached hydrogens (tertiary/aromatic N) is 3. The summed E-state index contributed by atoms with van der Waals surface area (Å²) in [4.78, 5) is 12.3. The maximum absolute atomic E-state index is 12.3. The molecule has 28 heavy (non-hydrogen) atoms. The van der Waals surface area contributed by atoms with Gasteiger partial charge in [0.25, 0.3) is 0 Å². The average Bonchev–Trinajstić information content (AvgIpc) is 3.40. The first-order chi connectivity index (χ1) is 13.7. The third-order valence-corrected chi connectivity index (χ3v) is 4.88. The number of rotatable bonds is 6. The third kappa shape index (κ3) is 3.79. The Labute approximate surface area is 162 Å². The first-order valence-corrected chi connectivity index (χ1v) is 9.02. The number of urea groups is 1. The number of hydrogen-bond acceptors (Lipinski definition) is 7. The molecule has 3 heterocycles. The molecule has 2 N–H and O–H groups in total. The zero-order valence-corrected chi connectivity index (χ0v) is 15.7. The van der Waals surface area contributed by atoms with Crippen molar-refractivity contribution in [3.05, 3.63) is 36.2 Å². The van der Waals surface area contributed by atoms with Crippen LogP contribution in [0.2, 0.25) is 0 Å². The summed E-state index contributed by atoms with van der Waals surface area (Å²) in [5, 5.41) is 14.0. The average molecular weight is 389 g/mol. The standard InChI is InChI=1S/C18H23N5O5/c1-25-8-12-7-23(22-21-12)15-10-28-16-14(9-27-17(15)16)20-18(24)19-11-3-5-13(26-2)6-4-11/h3-7,14-17H,8-10H2,1-2H3,(H2,19,20,24)/t14-,15+,16-,17+/m0/s1. The van der Waals surface area contributed by atoms with Crippen LogP contribution < -0.4 is 15.4 Å². The van der Waals surface area contributed by atoms with Crippen molar-refractivity contribution in [3.63, 3.8) is 0 Å². The lowest BCUT2D eigenvalue weighted by Crippen LogP contribution is -2.45. The predicted molar refractivity (Wildman–Crippen MR) is 98.2 cm³/mol. The fraction of sp³-hybridized carbons (Fsp3) is 0.500. The molecule has 150 valence electrons. The minimum atomic E-state index is -0.311. The lowest BCUT2D eigenvalue weighted by atomic mass is 10.1. The molecule has 1 aromatic carbocycles. The Morgan fingerprint density at radius 1 is 1.21 bits per heavy atom. The van der Waals surface area contributed by atoms with E-state index in [1.54, 1.807) is 43.2 Å². The van der Waals surface area contributed by atoms with E-state index in [0.717, 1.165) is 11.4 Å². The van der Waals surface area contributed by atoms with E-state index in [1.165, 1.54) is 0 Å². The van der Waals surface area contributed by atoms with Crippen LogP contribution in [0.5, 0.6) is 5.75 Å². The molecule has 0 radical (unpaired) electrons. The minimum Gasteiger partial charge on any atom is -0.497 e. The molecule has 2 aliphatic rings. The zero-order valence-electron chi connectivity index (χ0n) is 15.7. The van der Waals surface area contributed by atoms with Crippen LogP contribution >= 0.6 is 0 Å². The Morgan fingerprint density at radius 2 is 2.00 bits per heavy atom. The van der Waals surface area contributed by atoms with Gasteiger partial charge in [0.1, 0.15) is 29.7 Å². The quantitative estimate of drug-likeness (QED) is 0.757. The Bertz CT molecular complexity index is 811. The molecule has 0 aliphatic carbocycles. The molecule has 2 aromatic rings. The monoisotopic (exact) mass is 389 g/mol. The highest BCUT2D eigenvalue weighted by atomic mass is 16.6. The van der Waals surface area contributed by atoms with Crippen LogP contribution in [-0.2, 0) is 20.8 Å². The van der Waals surface area contributed by atoms with E-state index in [-0.39, 0.29) is 30.3 Å². The molecule has 2 fully saturated rings. The van der Waals surface area contributed by atoms with E-state index in [0.29, 0.717) is 25.5 Å². The van der Waals surface area contributed by atoms with Gasteiger partial charge in [-0.15, -0.1) is 5.10 Å². The fourth-order valence-corrected chi connectivity index (χ4v) is 3.53. The van der Waals surface area contributed by atoms with Gasteiger partial charge in [-0.1, -0.05) is 5.21 Å². The maximum Gasteiger partial charge on any atom is 0.319 e. The van der Waals surface area contributed by atoms with Gasteiger partial charge >= 0.3 is 6.03 Å². The summed E-state index contributed by atoms with van der Waals surface area (Å²) in [6.07, 6.45) is 1.41. The molecule has 0 spiro atoms. The normalized spacial score (nSPS) is 26.1. The molecule has 0 saturated carbocycles. The number of aromatic nitrogens is 3. The highest BCUT2D eigenvalue weighted by Crippen LogP contribution is 2.34. The summed E-state index contributed by atoms with van der Waals surface area (Å²) in [6, 6.07) is 6.48. The van der Waals surface area contributed by atoms with Crippen LogP contribution in [0.15, 0.2) is 30.5 Å². The molecule has 1 aromatic heterocycles. The summed E-state index contributed by atoms with van der Waals surface area (Å²) in [7, 11) is 3.21. The topological polar surface area (TPSA) is 109 Å². The molecule has 4 rings (SSSR count). The van der Waals surface area contributed by atoms with Crippen molar-refractivity contribution >= 4 is 11.7 Å². The summed E-state index contributed by atoms with van der Waals surface area (Å²) in [6.45, 7) is 1.23. The van der Waals surface area contributed by atoms with Gasteiger partial charge in [0.05, 0.1) is 39.2 Å². The number of ether oxygens (including phenoxy) is 4. The molecule has 2 amide bonds. The van der Waals surface area contributed by atoms with E-state index in [2.05, 4.69) is 20.9 Å². The molecule has 10 heteroatoms. The Hall–Kier alpha value is -2.69. The predicted octanol–water partition coefficient (Wildman–Crippen LogP) is 0.962. The number of fused-ring (bicyclic) bond motifs is 1. The number of anilines is 1. The molecule has 0 unspecified atom stereocenters. The van der Waals surface area contributed by atoms with E-state index < -0.39 is 0 Å². The Morgan fingerprint density at radius 3 is 2.75 bits per heavy atom. The van der Waals surface area contributed by atoms with Gasteiger partial charge in [-0.25, -0.2) is 9.48 Å². The van der Waals surface area contributed by atoms with Crippen molar-refractivity contribution in [2.24, 2.45) is 0 Å². The highest BCUT2D eigenvalue weighted by molar-refractivity contribution is 5.89. The Kier molecular flexibility index (Phi) is 5.42. The smallest absolute Gasteiger partial charge is 0.319 e. The molecule has 4 atom stereocenters. The second kappa shape index (κ2) is 8.13. The number of benzene rings is 1. The van der Waals surface area contributed by atoms with Crippen molar-refractivity contribution in [2.45, 2.75) is 30.9 Å².